The van der Waals surface area contributed by atoms with E-state index in [1.54, 1.807) is 41.5 Å². The van der Waals surface area contributed by atoms with E-state index in [0.29, 0.717) is 6.42 Å². The number of ether oxygens (including phenoxy) is 6. The van der Waals surface area contributed by atoms with Crippen molar-refractivity contribution in [2.45, 2.75) is 173 Å². The van der Waals surface area contributed by atoms with Crippen molar-refractivity contribution in [1.29, 1.82) is 0 Å². The molecule has 17 atom stereocenters. The highest BCUT2D eigenvalue weighted by Gasteiger charge is 2.53. The molecule has 14 nitrogen and oxygen atoms in total. The molecule has 4 N–H and O–H groups in total. The minimum absolute atomic E-state index is 0.0741. The monoisotopic (exact) mass is 731 g/mol. The number of cyclic esters (lactones) is 1. The maximum Gasteiger partial charge on any atom is 0.311 e. The SMILES string of the molecule is CC[C@H]1OC(=O)[C@H](C)[C@@H](O[C@H]2C[C@@](C)(OC)[C@@H](O)[C@H](C)O2)[C@H](C)[C@@H](O[C@@H]2O[C@H](C)C[C@H](N(C)C)[C@H]2O)[C@](C)(O)C[C@@H](C)C(=O)[C@H](C)C(=O)[C@]1(C)O. The van der Waals surface area contributed by atoms with E-state index in [9.17, 15) is 34.8 Å². The second-order valence-electron chi connectivity index (χ2n) is 16.2. The van der Waals surface area contributed by atoms with Gasteiger partial charge in [-0.3, -0.25) is 14.4 Å². The van der Waals surface area contributed by atoms with Crippen LogP contribution in [0.1, 0.15) is 94.9 Å². The predicted octanol–water partition coefficient (Wildman–Crippen LogP) is 1.99. The lowest BCUT2D eigenvalue weighted by atomic mass is 9.74. The van der Waals surface area contributed by atoms with Crippen molar-refractivity contribution in [1.82, 2.24) is 4.90 Å². The number of nitrogens with zero attached hydrogens (tertiary/aromatic N) is 1. The van der Waals surface area contributed by atoms with E-state index in [2.05, 4.69) is 0 Å². The van der Waals surface area contributed by atoms with Crippen LogP contribution in [0.3, 0.4) is 0 Å². The molecule has 3 rings (SSSR count). The quantitative estimate of drug-likeness (QED) is 0.220. The van der Waals surface area contributed by atoms with Gasteiger partial charge in [-0.2, -0.15) is 0 Å². The molecular formula is C37H65NO13. The predicted molar refractivity (Wildman–Crippen MR) is 185 cm³/mol. The van der Waals surface area contributed by atoms with Crippen LogP contribution in [0.4, 0.5) is 0 Å². The fourth-order valence-corrected chi connectivity index (χ4v) is 8.24. The zero-order valence-electron chi connectivity index (χ0n) is 32.8. The Bertz CT molecular complexity index is 1210. The van der Waals surface area contributed by atoms with Crippen molar-refractivity contribution in [2.75, 3.05) is 21.2 Å². The van der Waals surface area contributed by atoms with Crippen LogP contribution in [0.25, 0.3) is 0 Å². The minimum atomic E-state index is -2.19. The topological polar surface area (TPSA) is 191 Å². The van der Waals surface area contributed by atoms with Crippen molar-refractivity contribution in [3.63, 3.8) is 0 Å². The molecule has 0 saturated carbocycles. The third kappa shape index (κ3) is 9.38. The molecule has 0 radical (unpaired) electrons. The molecule has 0 aliphatic carbocycles. The number of ketones is 2. The summed E-state index contributed by atoms with van der Waals surface area (Å²) in [4.78, 5) is 43.3. The standard InChI is InChI=1S/C37H65NO13/c1-14-25-37(10,45)30(41)20(4)27(39)18(2)16-35(8,44)32(51-34-28(40)24(38(11)12)15-19(3)47-34)21(5)29(22(6)33(43)49-25)50-26-17-36(9,46-13)31(42)23(7)48-26/h18-26,28-29,31-32,34,40,42,44-45H,14-17H2,1-13H3/t18-,19-,20+,21+,22-,23+,24+,25-,26+,28-,29+,31+,32-,34+,35-,36-,37-/m1/s1. The first-order valence-corrected chi connectivity index (χ1v) is 18.4. The second kappa shape index (κ2) is 16.8. The highest BCUT2D eigenvalue weighted by molar-refractivity contribution is 6.06. The van der Waals surface area contributed by atoms with Gasteiger partial charge in [-0.15, -0.1) is 0 Å². The Morgan fingerprint density at radius 1 is 0.922 bits per heavy atom. The Balaban J connectivity index is 2.19. The molecule has 0 amide bonds. The number of aliphatic hydroxyl groups excluding tert-OH is 2. The van der Waals surface area contributed by atoms with Gasteiger partial charge in [-0.05, 0) is 81.8 Å². The third-order valence-corrected chi connectivity index (χ3v) is 11.6. The van der Waals surface area contributed by atoms with E-state index in [1.165, 1.54) is 27.9 Å². The van der Waals surface area contributed by atoms with Crippen LogP contribution in [-0.2, 0) is 42.8 Å². The summed E-state index contributed by atoms with van der Waals surface area (Å²) in [5, 5.41) is 46.1. The van der Waals surface area contributed by atoms with Gasteiger partial charge in [-0.1, -0.05) is 20.8 Å². The zero-order valence-corrected chi connectivity index (χ0v) is 32.8. The molecule has 0 aromatic heterocycles. The van der Waals surface area contributed by atoms with Gasteiger partial charge in [-0.25, -0.2) is 0 Å². The second-order valence-corrected chi connectivity index (χ2v) is 16.2. The van der Waals surface area contributed by atoms with E-state index in [1.807, 2.05) is 25.9 Å². The number of rotatable bonds is 7. The molecule has 3 fully saturated rings. The highest BCUT2D eigenvalue weighted by atomic mass is 16.7. The molecule has 51 heavy (non-hydrogen) atoms. The van der Waals surface area contributed by atoms with Gasteiger partial charge in [0.1, 0.15) is 24.1 Å². The molecule has 0 aromatic carbocycles. The van der Waals surface area contributed by atoms with E-state index in [-0.39, 0.29) is 31.4 Å². The summed E-state index contributed by atoms with van der Waals surface area (Å²) in [5.74, 6) is -6.22. The Hall–Kier alpha value is -1.59. The van der Waals surface area contributed by atoms with E-state index in [4.69, 9.17) is 28.4 Å². The molecule has 0 aromatic rings. The summed E-state index contributed by atoms with van der Waals surface area (Å²) in [5.41, 5.74) is -5.07. The van der Waals surface area contributed by atoms with Gasteiger partial charge < -0.3 is 53.7 Å². The molecule has 14 heteroatoms. The Kier molecular flexibility index (Phi) is 14.5. The van der Waals surface area contributed by atoms with Crippen LogP contribution < -0.4 is 0 Å². The summed E-state index contributed by atoms with van der Waals surface area (Å²) < 4.78 is 36.9. The van der Waals surface area contributed by atoms with Crippen molar-refractivity contribution < 1.29 is 63.2 Å². The van der Waals surface area contributed by atoms with Crippen LogP contribution in [0.2, 0.25) is 0 Å². The van der Waals surface area contributed by atoms with E-state index < -0.39 is 107 Å². The summed E-state index contributed by atoms with van der Waals surface area (Å²) in [6, 6.07) is -0.333. The van der Waals surface area contributed by atoms with Gasteiger partial charge in [0, 0.05) is 31.4 Å². The Morgan fingerprint density at radius 2 is 1.53 bits per heavy atom. The molecule has 3 heterocycles. The first-order valence-electron chi connectivity index (χ1n) is 18.4. The average Bonchev–Trinajstić information content (AvgIpc) is 3.05. The van der Waals surface area contributed by atoms with Crippen molar-refractivity contribution in [3.8, 4) is 0 Å². The van der Waals surface area contributed by atoms with Crippen LogP contribution in [0.15, 0.2) is 0 Å². The van der Waals surface area contributed by atoms with Crippen molar-refractivity contribution in [3.05, 3.63) is 0 Å². The molecule has 3 aliphatic heterocycles. The largest absolute Gasteiger partial charge is 0.459 e. The zero-order chi connectivity index (χ0) is 39.0. The minimum Gasteiger partial charge on any atom is -0.459 e. The lowest BCUT2D eigenvalue weighted by Gasteiger charge is -2.49. The fourth-order valence-electron chi connectivity index (χ4n) is 8.24. The average molecular weight is 732 g/mol. The van der Waals surface area contributed by atoms with Gasteiger partial charge in [0.05, 0.1) is 47.5 Å². The lowest BCUT2D eigenvalue weighted by Crippen LogP contribution is -2.61. The normalized spacial score (nSPS) is 48.3. The molecule has 0 bridgehead atoms. The first kappa shape index (κ1) is 43.8. The fraction of sp³-hybridized carbons (Fsp3) is 0.919. The number of hydrogen-bond acceptors (Lipinski definition) is 14. The van der Waals surface area contributed by atoms with Gasteiger partial charge in [0.25, 0.3) is 0 Å². The summed E-state index contributed by atoms with van der Waals surface area (Å²) in [6.07, 6.45) is -8.44. The van der Waals surface area contributed by atoms with Gasteiger partial charge >= 0.3 is 5.97 Å². The number of hydrogen-bond donors (Lipinski definition) is 4. The number of likely N-dealkylation sites (N-methyl/N-ethyl adjacent to an activating group) is 1. The van der Waals surface area contributed by atoms with Crippen molar-refractivity contribution in [2.24, 2.45) is 23.7 Å². The maximum atomic E-state index is 14.0. The molecule has 296 valence electrons. The van der Waals surface area contributed by atoms with Crippen LogP contribution in [0.5, 0.6) is 0 Å². The third-order valence-electron chi connectivity index (χ3n) is 11.6. The summed E-state index contributed by atoms with van der Waals surface area (Å²) in [7, 11) is 5.16. The molecule has 0 unspecified atom stereocenters. The van der Waals surface area contributed by atoms with Crippen molar-refractivity contribution >= 4 is 17.5 Å². The number of Topliss-reactive ketones (excluding diaryl/α,β-unsaturated/α-hetero) is 2. The number of esters is 1. The van der Waals surface area contributed by atoms with E-state index >= 15 is 0 Å². The number of methoxy groups -OCH3 is 1. The number of carbonyl (C=O) groups is 3. The first-order chi connectivity index (χ1) is 23.4. The summed E-state index contributed by atoms with van der Waals surface area (Å²) >= 11 is 0. The Morgan fingerprint density at radius 3 is 2.08 bits per heavy atom. The molecule has 0 spiro atoms. The van der Waals surface area contributed by atoms with Crippen LogP contribution >= 0.6 is 0 Å². The van der Waals surface area contributed by atoms with Gasteiger partial charge in [0.15, 0.2) is 24.0 Å². The van der Waals surface area contributed by atoms with Crippen LogP contribution in [0, 0.1) is 23.7 Å². The Labute approximate surface area is 303 Å². The smallest absolute Gasteiger partial charge is 0.311 e. The van der Waals surface area contributed by atoms with Crippen LogP contribution in [-0.4, -0.2) is 142 Å². The molecule has 3 aliphatic rings. The summed E-state index contributed by atoms with van der Waals surface area (Å²) in [6.45, 7) is 16.0. The maximum absolute atomic E-state index is 14.0. The molecular weight excluding hydrogens is 666 g/mol. The highest BCUT2D eigenvalue weighted by Crippen LogP contribution is 2.40. The molecule has 3 saturated heterocycles. The van der Waals surface area contributed by atoms with Gasteiger partial charge in [0.2, 0.25) is 0 Å². The number of carbonyl (C=O) groups excluding carboxylic acids is 3. The van der Waals surface area contributed by atoms with E-state index in [0.717, 1.165) is 0 Å². The number of aliphatic hydroxyl groups is 4. The lowest BCUT2D eigenvalue weighted by molar-refractivity contribution is -0.317.